The van der Waals surface area contributed by atoms with E-state index in [-0.39, 0.29) is 5.82 Å². The molecule has 0 heterocycles. The molecule has 2 N–H and O–H groups in total. The smallest absolute Gasteiger partial charge is 0.123 e. The molecule has 3 heteroatoms. The molecule has 1 unspecified atom stereocenters. The van der Waals surface area contributed by atoms with E-state index < -0.39 is 11.7 Å². The van der Waals surface area contributed by atoms with E-state index in [0.717, 1.165) is 24.0 Å². The van der Waals surface area contributed by atoms with E-state index in [4.69, 9.17) is 0 Å². The third kappa shape index (κ3) is 3.34. The predicted octanol–water partition coefficient (Wildman–Crippen LogP) is 2.98. The third-order valence-corrected chi connectivity index (χ3v) is 4.48. The highest BCUT2D eigenvalue weighted by atomic mass is 19.1. The molecule has 0 aromatic heterocycles. The SMILES string of the molecule is Cc1ccc(F)cc1CC(O)C1(O)CCC(C)CC1. The first-order valence-electron chi connectivity index (χ1n) is 7.06. The van der Waals surface area contributed by atoms with Gasteiger partial charge in [-0.25, -0.2) is 4.39 Å². The Labute approximate surface area is 114 Å². The number of rotatable bonds is 3. The van der Waals surface area contributed by atoms with Gasteiger partial charge in [-0.05, 0) is 61.8 Å². The van der Waals surface area contributed by atoms with Gasteiger partial charge in [-0.1, -0.05) is 13.0 Å². The minimum atomic E-state index is -1.01. The van der Waals surface area contributed by atoms with Crippen LogP contribution < -0.4 is 0 Å². The molecular formula is C16H23FO2. The summed E-state index contributed by atoms with van der Waals surface area (Å²) in [6, 6.07) is 4.58. The number of hydrogen-bond donors (Lipinski definition) is 2. The van der Waals surface area contributed by atoms with E-state index in [2.05, 4.69) is 6.92 Å². The number of aliphatic hydroxyl groups is 2. The molecule has 0 spiro atoms. The topological polar surface area (TPSA) is 40.5 Å². The number of hydrogen-bond acceptors (Lipinski definition) is 2. The molecule has 1 aromatic rings. The van der Waals surface area contributed by atoms with E-state index in [1.54, 1.807) is 6.07 Å². The van der Waals surface area contributed by atoms with Crippen molar-refractivity contribution in [3.63, 3.8) is 0 Å². The van der Waals surface area contributed by atoms with E-state index in [1.807, 2.05) is 6.92 Å². The summed E-state index contributed by atoms with van der Waals surface area (Å²) < 4.78 is 13.2. The zero-order valence-corrected chi connectivity index (χ0v) is 11.7. The lowest BCUT2D eigenvalue weighted by molar-refractivity contribution is -0.102. The summed E-state index contributed by atoms with van der Waals surface area (Å²) in [5.74, 6) is 0.320. The number of aliphatic hydroxyl groups excluding tert-OH is 1. The molecule has 0 saturated heterocycles. The van der Waals surface area contributed by atoms with Crippen LogP contribution in [-0.2, 0) is 6.42 Å². The van der Waals surface area contributed by atoms with Crippen molar-refractivity contribution in [2.75, 3.05) is 0 Å². The molecular weight excluding hydrogens is 243 g/mol. The van der Waals surface area contributed by atoms with E-state index >= 15 is 0 Å². The largest absolute Gasteiger partial charge is 0.390 e. The molecule has 2 nitrogen and oxygen atoms in total. The average molecular weight is 266 g/mol. The molecule has 2 rings (SSSR count). The van der Waals surface area contributed by atoms with Crippen LogP contribution in [0.4, 0.5) is 4.39 Å². The van der Waals surface area contributed by atoms with Crippen molar-refractivity contribution in [2.24, 2.45) is 5.92 Å². The summed E-state index contributed by atoms with van der Waals surface area (Å²) in [5.41, 5.74) is 0.721. The van der Waals surface area contributed by atoms with Crippen LogP contribution in [0.1, 0.15) is 43.7 Å². The Morgan fingerprint density at radius 1 is 1.37 bits per heavy atom. The lowest BCUT2D eigenvalue weighted by Gasteiger charge is -2.38. The van der Waals surface area contributed by atoms with E-state index in [9.17, 15) is 14.6 Å². The minimum Gasteiger partial charge on any atom is -0.390 e. The van der Waals surface area contributed by atoms with Crippen molar-refractivity contribution in [1.82, 2.24) is 0 Å². The summed E-state index contributed by atoms with van der Waals surface area (Å²) in [5, 5.41) is 20.9. The summed E-state index contributed by atoms with van der Waals surface area (Å²) in [6.45, 7) is 4.07. The fraction of sp³-hybridized carbons (Fsp3) is 0.625. The summed E-state index contributed by atoms with van der Waals surface area (Å²) in [7, 11) is 0. The summed E-state index contributed by atoms with van der Waals surface area (Å²) >= 11 is 0. The first kappa shape index (κ1) is 14.5. The quantitative estimate of drug-likeness (QED) is 0.883. The predicted molar refractivity (Wildman–Crippen MR) is 73.4 cm³/mol. The third-order valence-electron chi connectivity index (χ3n) is 4.48. The van der Waals surface area contributed by atoms with Gasteiger partial charge >= 0.3 is 0 Å². The Balaban J connectivity index is 2.08. The Kier molecular flexibility index (Phi) is 4.26. The molecule has 1 saturated carbocycles. The van der Waals surface area contributed by atoms with Crippen LogP contribution in [0.25, 0.3) is 0 Å². The van der Waals surface area contributed by atoms with Gasteiger partial charge in [0.2, 0.25) is 0 Å². The van der Waals surface area contributed by atoms with Gasteiger partial charge < -0.3 is 10.2 Å². The fourth-order valence-electron chi connectivity index (χ4n) is 2.85. The van der Waals surface area contributed by atoms with Crippen molar-refractivity contribution in [2.45, 2.75) is 57.7 Å². The highest BCUT2D eigenvalue weighted by molar-refractivity contribution is 5.27. The van der Waals surface area contributed by atoms with Crippen molar-refractivity contribution < 1.29 is 14.6 Å². The fourth-order valence-corrected chi connectivity index (χ4v) is 2.85. The molecule has 1 aliphatic rings. The first-order valence-corrected chi connectivity index (χ1v) is 7.06. The zero-order valence-electron chi connectivity index (χ0n) is 11.7. The highest BCUT2D eigenvalue weighted by Crippen LogP contribution is 2.35. The molecule has 1 aliphatic carbocycles. The molecule has 1 atom stereocenters. The number of halogens is 1. The van der Waals surface area contributed by atoms with Crippen LogP contribution in [0.15, 0.2) is 18.2 Å². The van der Waals surface area contributed by atoms with Crippen LogP contribution in [0, 0.1) is 18.7 Å². The van der Waals surface area contributed by atoms with Gasteiger partial charge in [0.15, 0.2) is 0 Å². The summed E-state index contributed by atoms with van der Waals surface area (Å²) in [4.78, 5) is 0. The van der Waals surface area contributed by atoms with Gasteiger partial charge in [-0.2, -0.15) is 0 Å². The van der Waals surface area contributed by atoms with Crippen molar-refractivity contribution >= 4 is 0 Å². The zero-order chi connectivity index (χ0) is 14.0. The molecule has 0 radical (unpaired) electrons. The molecule has 0 bridgehead atoms. The molecule has 106 valence electrons. The van der Waals surface area contributed by atoms with Crippen LogP contribution in [0.3, 0.4) is 0 Å². The first-order chi connectivity index (χ1) is 8.90. The Bertz CT molecular complexity index is 436. The Morgan fingerprint density at radius 2 is 2.00 bits per heavy atom. The second-order valence-corrected chi connectivity index (χ2v) is 6.08. The molecule has 1 aromatic carbocycles. The molecule has 1 fully saturated rings. The monoisotopic (exact) mass is 266 g/mol. The van der Waals surface area contributed by atoms with E-state index in [1.165, 1.54) is 12.1 Å². The number of aryl methyl sites for hydroxylation is 1. The van der Waals surface area contributed by atoms with Gasteiger partial charge in [0, 0.05) is 6.42 Å². The second kappa shape index (κ2) is 5.59. The lowest BCUT2D eigenvalue weighted by Crippen LogP contribution is -2.46. The lowest BCUT2D eigenvalue weighted by atomic mass is 9.75. The average Bonchev–Trinajstić information content (AvgIpc) is 2.37. The maximum Gasteiger partial charge on any atom is 0.123 e. The summed E-state index contributed by atoms with van der Waals surface area (Å²) in [6.07, 6.45) is 2.63. The minimum absolute atomic E-state index is 0.294. The molecule has 0 aliphatic heterocycles. The maximum absolute atomic E-state index is 13.2. The van der Waals surface area contributed by atoms with Gasteiger partial charge in [-0.3, -0.25) is 0 Å². The number of benzene rings is 1. The van der Waals surface area contributed by atoms with Crippen LogP contribution >= 0.6 is 0 Å². The van der Waals surface area contributed by atoms with Crippen molar-refractivity contribution in [3.05, 3.63) is 35.1 Å². The van der Waals surface area contributed by atoms with Gasteiger partial charge in [0.1, 0.15) is 5.82 Å². The van der Waals surface area contributed by atoms with Crippen LogP contribution in [0.5, 0.6) is 0 Å². The Hall–Kier alpha value is -0.930. The van der Waals surface area contributed by atoms with Gasteiger partial charge in [0.05, 0.1) is 11.7 Å². The second-order valence-electron chi connectivity index (χ2n) is 6.08. The van der Waals surface area contributed by atoms with Crippen LogP contribution in [0.2, 0.25) is 0 Å². The van der Waals surface area contributed by atoms with E-state index in [0.29, 0.717) is 25.2 Å². The van der Waals surface area contributed by atoms with Gasteiger partial charge in [-0.15, -0.1) is 0 Å². The normalized spacial score (nSPS) is 29.2. The molecule has 0 amide bonds. The standard InChI is InChI=1S/C16H23FO2/c1-11-5-7-16(19,8-6-11)15(18)10-13-9-14(17)4-3-12(13)2/h3-4,9,11,15,18-19H,5-8,10H2,1-2H3. The highest BCUT2D eigenvalue weighted by Gasteiger charge is 2.38. The van der Waals surface area contributed by atoms with Crippen molar-refractivity contribution in [1.29, 1.82) is 0 Å². The maximum atomic E-state index is 13.2. The van der Waals surface area contributed by atoms with Crippen LogP contribution in [-0.4, -0.2) is 21.9 Å². The molecule has 19 heavy (non-hydrogen) atoms. The van der Waals surface area contributed by atoms with Crippen molar-refractivity contribution in [3.8, 4) is 0 Å². The Morgan fingerprint density at radius 3 is 2.63 bits per heavy atom. The van der Waals surface area contributed by atoms with Gasteiger partial charge in [0.25, 0.3) is 0 Å².